The minimum absolute atomic E-state index is 0.496. The Morgan fingerprint density at radius 1 is 1.07 bits per heavy atom. The molecular formula is C21H26N6S2. The van der Waals surface area contributed by atoms with Crippen molar-refractivity contribution in [2.24, 2.45) is 10.7 Å². The van der Waals surface area contributed by atoms with Crippen LogP contribution in [-0.2, 0) is 12.2 Å². The van der Waals surface area contributed by atoms with Crippen molar-refractivity contribution in [2.45, 2.75) is 28.6 Å². The van der Waals surface area contributed by atoms with E-state index in [1.165, 1.54) is 5.56 Å². The first-order valence-corrected chi connectivity index (χ1v) is 11.5. The SMILES string of the molecule is NC(=NCCCc1cnc[nH]1)NCCSc1cccc(SCc2ccccc2)n1. The topological polar surface area (TPSA) is 92.0 Å². The Labute approximate surface area is 180 Å². The highest BCUT2D eigenvalue weighted by atomic mass is 32.2. The minimum atomic E-state index is 0.496. The monoisotopic (exact) mass is 426 g/mol. The number of benzene rings is 1. The molecule has 1 aromatic carbocycles. The van der Waals surface area contributed by atoms with E-state index in [4.69, 9.17) is 10.7 Å². The number of aryl methyl sites for hydroxylation is 1. The number of aromatic nitrogens is 3. The quantitative estimate of drug-likeness (QED) is 0.187. The Hall–Kier alpha value is -2.45. The lowest BCUT2D eigenvalue weighted by Crippen LogP contribution is -2.33. The molecule has 2 heterocycles. The van der Waals surface area contributed by atoms with Crippen molar-refractivity contribution in [1.82, 2.24) is 20.3 Å². The molecular weight excluding hydrogens is 400 g/mol. The van der Waals surface area contributed by atoms with Crippen molar-refractivity contribution >= 4 is 29.5 Å². The Morgan fingerprint density at radius 2 is 1.90 bits per heavy atom. The normalized spacial score (nSPS) is 11.5. The number of nitrogens with two attached hydrogens (primary N) is 1. The van der Waals surface area contributed by atoms with Gasteiger partial charge in [0.2, 0.25) is 0 Å². The van der Waals surface area contributed by atoms with E-state index in [0.29, 0.717) is 12.5 Å². The number of pyridine rings is 1. The van der Waals surface area contributed by atoms with Crippen LogP contribution in [0.2, 0.25) is 0 Å². The Balaban J connectivity index is 1.32. The number of hydrogen-bond acceptors (Lipinski definition) is 5. The van der Waals surface area contributed by atoms with E-state index in [2.05, 4.69) is 56.7 Å². The fraction of sp³-hybridized carbons (Fsp3) is 0.286. The fourth-order valence-corrected chi connectivity index (χ4v) is 4.22. The predicted molar refractivity (Wildman–Crippen MR) is 122 cm³/mol. The van der Waals surface area contributed by atoms with Crippen LogP contribution in [0.5, 0.6) is 0 Å². The molecule has 0 aliphatic carbocycles. The zero-order valence-corrected chi connectivity index (χ0v) is 17.9. The maximum Gasteiger partial charge on any atom is 0.188 e. The third-order valence-corrected chi connectivity index (χ3v) is 5.96. The molecule has 0 unspecified atom stereocenters. The molecule has 8 heteroatoms. The van der Waals surface area contributed by atoms with Crippen molar-refractivity contribution in [3.05, 3.63) is 72.3 Å². The van der Waals surface area contributed by atoms with E-state index in [1.54, 1.807) is 29.9 Å². The van der Waals surface area contributed by atoms with Gasteiger partial charge < -0.3 is 16.0 Å². The summed E-state index contributed by atoms with van der Waals surface area (Å²) < 4.78 is 0. The predicted octanol–water partition coefficient (Wildman–Crippen LogP) is 3.73. The molecule has 0 amide bonds. The van der Waals surface area contributed by atoms with E-state index in [0.717, 1.165) is 46.6 Å². The number of H-pyrrole nitrogens is 1. The molecule has 152 valence electrons. The number of guanidine groups is 1. The molecule has 0 saturated heterocycles. The highest BCUT2D eigenvalue weighted by molar-refractivity contribution is 7.99. The van der Waals surface area contributed by atoms with Crippen LogP contribution in [0.4, 0.5) is 0 Å². The molecule has 0 aliphatic rings. The molecule has 3 aromatic rings. The van der Waals surface area contributed by atoms with Crippen molar-refractivity contribution in [3.8, 4) is 0 Å². The molecule has 0 bridgehead atoms. The number of aliphatic imine (C=N–C) groups is 1. The van der Waals surface area contributed by atoms with Gasteiger partial charge in [0, 0.05) is 36.5 Å². The van der Waals surface area contributed by atoms with Gasteiger partial charge in [0.25, 0.3) is 0 Å². The number of aromatic amines is 1. The number of nitrogens with one attached hydrogen (secondary N) is 2. The second-order valence-corrected chi connectivity index (χ2v) is 8.42. The van der Waals surface area contributed by atoms with Gasteiger partial charge in [0.15, 0.2) is 5.96 Å². The molecule has 0 aliphatic heterocycles. The van der Waals surface area contributed by atoms with Crippen molar-refractivity contribution < 1.29 is 0 Å². The van der Waals surface area contributed by atoms with Gasteiger partial charge in [0.05, 0.1) is 16.4 Å². The lowest BCUT2D eigenvalue weighted by molar-refractivity contribution is 0.806. The standard InChI is InChI=1S/C21H26N6S2/c22-21(24-11-5-8-18-14-23-16-26-18)25-12-13-28-19-9-4-10-20(27-19)29-15-17-6-2-1-3-7-17/h1-4,6-7,9-10,14,16H,5,8,11-13,15H2,(H,23,26)(H3,22,24,25). The summed E-state index contributed by atoms with van der Waals surface area (Å²) >= 11 is 3.47. The van der Waals surface area contributed by atoms with E-state index in [9.17, 15) is 0 Å². The van der Waals surface area contributed by atoms with E-state index in [1.807, 2.05) is 18.3 Å². The molecule has 0 spiro atoms. The first-order chi connectivity index (χ1) is 14.3. The summed E-state index contributed by atoms with van der Waals surface area (Å²) in [5, 5.41) is 5.24. The third kappa shape index (κ3) is 8.21. The van der Waals surface area contributed by atoms with Gasteiger partial charge in [0.1, 0.15) is 0 Å². The molecule has 4 N–H and O–H groups in total. The Morgan fingerprint density at radius 3 is 2.69 bits per heavy atom. The minimum Gasteiger partial charge on any atom is -0.370 e. The van der Waals surface area contributed by atoms with Crippen LogP contribution in [0, 0.1) is 0 Å². The van der Waals surface area contributed by atoms with Crippen LogP contribution in [0.15, 0.2) is 76.1 Å². The average molecular weight is 427 g/mol. The molecule has 29 heavy (non-hydrogen) atoms. The van der Waals surface area contributed by atoms with Crippen LogP contribution in [0.3, 0.4) is 0 Å². The van der Waals surface area contributed by atoms with Crippen LogP contribution in [0.1, 0.15) is 17.7 Å². The average Bonchev–Trinajstić information content (AvgIpc) is 3.28. The van der Waals surface area contributed by atoms with Crippen LogP contribution >= 0.6 is 23.5 Å². The first kappa shape index (κ1) is 21.3. The molecule has 6 nitrogen and oxygen atoms in total. The van der Waals surface area contributed by atoms with E-state index >= 15 is 0 Å². The zero-order chi connectivity index (χ0) is 20.2. The fourth-order valence-electron chi connectivity index (χ4n) is 2.57. The number of hydrogen-bond donors (Lipinski definition) is 3. The number of thioether (sulfide) groups is 2. The van der Waals surface area contributed by atoms with Crippen LogP contribution in [-0.4, -0.2) is 39.8 Å². The summed E-state index contributed by atoms with van der Waals surface area (Å²) in [5.74, 6) is 2.30. The van der Waals surface area contributed by atoms with Gasteiger partial charge in [-0.15, -0.1) is 23.5 Å². The van der Waals surface area contributed by atoms with E-state index in [-0.39, 0.29) is 0 Å². The van der Waals surface area contributed by atoms with Gasteiger partial charge in [-0.3, -0.25) is 4.99 Å². The summed E-state index contributed by atoms with van der Waals surface area (Å²) in [6.07, 6.45) is 5.40. The largest absolute Gasteiger partial charge is 0.370 e. The summed E-state index contributed by atoms with van der Waals surface area (Å²) in [6, 6.07) is 16.6. The molecule has 0 atom stereocenters. The van der Waals surface area contributed by atoms with Gasteiger partial charge >= 0.3 is 0 Å². The highest BCUT2D eigenvalue weighted by Crippen LogP contribution is 2.23. The van der Waals surface area contributed by atoms with Crippen molar-refractivity contribution in [1.29, 1.82) is 0 Å². The number of imidazole rings is 1. The van der Waals surface area contributed by atoms with Crippen LogP contribution in [0.25, 0.3) is 0 Å². The van der Waals surface area contributed by atoms with Crippen molar-refractivity contribution in [2.75, 3.05) is 18.8 Å². The van der Waals surface area contributed by atoms with Gasteiger partial charge in [-0.1, -0.05) is 36.4 Å². The summed E-state index contributed by atoms with van der Waals surface area (Å²) in [5.41, 5.74) is 8.35. The molecule has 2 aromatic heterocycles. The zero-order valence-electron chi connectivity index (χ0n) is 16.3. The Kier molecular flexibility index (Phi) is 8.93. The highest BCUT2D eigenvalue weighted by Gasteiger charge is 2.01. The first-order valence-electron chi connectivity index (χ1n) is 9.57. The Bertz CT molecular complexity index is 868. The smallest absolute Gasteiger partial charge is 0.188 e. The second-order valence-electron chi connectivity index (χ2n) is 6.31. The molecule has 3 rings (SSSR count). The number of nitrogens with zero attached hydrogens (tertiary/aromatic N) is 3. The van der Waals surface area contributed by atoms with Gasteiger partial charge in [-0.2, -0.15) is 0 Å². The molecule has 0 saturated carbocycles. The second kappa shape index (κ2) is 12.2. The summed E-state index contributed by atoms with van der Waals surface area (Å²) in [4.78, 5) is 16.2. The molecule has 0 fully saturated rings. The van der Waals surface area contributed by atoms with Crippen molar-refractivity contribution in [3.63, 3.8) is 0 Å². The van der Waals surface area contributed by atoms with Crippen LogP contribution < -0.4 is 11.1 Å². The maximum absolute atomic E-state index is 5.92. The van der Waals surface area contributed by atoms with Gasteiger partial charge in [-0.05, 0) is 30.5 Å². The summed E-state index contributed by atoms with van der Waals surface area (Å²) in [6.45, 7) is 1.46. The van der Waals surface area contributed by atoms with E-state index < -0.39 is 0 Å². The van der Waals surface area contributed by atoms with Gasteiger partial charge in [-0.25, -0.2) is 9.97 Å². The number of rotatable bonds is 11. The molecule has 0 radical (unpaired) electrons. The lowest BCUT2D eigenvalue weighted by atomic mass is 10.2. The third-order valence-electron chi connectivity index (χ3n) is 4.03. The maximum atomic E-state index is 5.92. The summed E-state index contributed by atoms with van der Waals surface area (Å²) in [7, 11) is 0. The lowest BCUT2D eigenvalue weighted by Gasteiger charge is -2.07.